The fourth-order valence-corrected chi connectivity index (χ4v) is 3.78. The molecule has 1 amide bonds. The zero-order chi connectivity index (χ0) is 21.8. The van der Waals surface area contributed by atoms with E-state index in [0.717, 1.165) is 28.6 Å². The van der Waals surface area contributed by atoms with Gasteiger partial charge in [0.15, 0.2) is 0 Å². The van der Waals surface area contributed by atoms with E-state index in [9.17, 15) is 26.4 Å². The highest BCUT2D eigenvalue weighted by Gasteiger charge is 2.30. The van der Waals surface area contributed by atoms with Crippen molar-refractivity contribution < 1.29 is 31.1 Å². The summed E-state index contributed by atoms with van der Waals surface area (Å²) in [7, 11) is -2.82. The van der Waals surface area contributed by atoms with Gasteiger partial charge in [0, 0.05) is 12.7 Å². The number of rotatable bonds is 7. The molecule has 0 aliphatic rings. The molecule has 0 saturated heterocycles. The van der Waals surface area contributed by atoms with E-state index in [0.29, 0.717) is 12.4 Å². The molecule has 0 aliphatic heterocycles. The SMILES string of the molecule is CCOc1ccc(S(=O)(=O)N(C)CC(=O)Nc2ccc(C(F)(F)F)cc2)cc1Cl. The summed E-state index contributed by atoms with van der Waals surface area (Å²) in [6, 6.07) is 7.73. The number of carbonyl (C=O) groups is 1. The number of likely N-dealkylation sites (N-methyl/N-ethyl adjacent to an activating group) is 1. The highest BCUT2D eigenvalue weighted by molar-refractivity contribution is 7.89. The molecule has 2 aromatic carbocycles. The van der Waals surface area contributed by atoms with Crippen LogP contribution in [-0.4, -0.2) is 38.8 Å². The van der Waals surface area contributed by atoms with Gasteiger partial charge in [-0.25, -0.2) is 8.42 Å². The maximum atomic E-state index is 12.6. The molecule has 1 N–H and O–H groups in total. The lowest BCUT2D eigenvalue weighted by molar-refractivity contribution is -0.137. The van der Waals surface area contributed by atoms with Gasteiger partial charge in [-0.05, 0) is 49.4 Å². The van der Waals surface area contributed by atoms with Crippen LogP contribution in [0.25, 0.3) is 0 Å². The van der Waals surface area contributed by atoms with E-state index in [2.05, 4.69) is 5.32 Å². The van der Waals surface area contributed by atoms with E-state index in [-0.39, 0.29) is 15.6 Å². The number of nitrogens with one attached hydrogen (secondary N) is 1. The summed E-state index contributed by atoms with van der Waals surface area (Å²) in [5, 5.41) is 2.46. The van der Waals surface area contributed by atoms with Gasteiger partial charge in [0.05, 0.1) is 28.6 Å². The Morgan fingerprint density at radius 3 is 2.31 bits per heavy atom. The lowest BCUT2D eigenvalue weighted by atomic mass is 10.2. The monoisotopic (exact) mass is 450 g/mol. The van der Waals surface area contributed by atoms with Crippen LogP contribution >= 0.6 is 11.6 Å². The van der Waals surface area contributed by atoms with Crippen molar-refractivity contribution in [2.75, 3.05) is 25.5 Å². The molecule has 0 aliphatic carbocycles. The first-order chi connectivity index (χ1) is 13.4. The lowest BCUT2D eigenvalue weighted by Gasteiger charge is -2.18. The van der Waals surface area contributed by atoms with Crippen LogP contribution in [0.3, 0.4) is 0 Å². The van der Waals surface area contributed by atoms with Gasteiger partial charge in [-0.1, -0.05) is 11.6 Å². The zero-order valence-electron chi connectivity index (χ0n) is 15.5. The van der Waals surface area contributed by atoms with Gasteiger partial charge in [-0.2, -0.15) is 17.5 Å². The number of anilines is 1. The molecule has 0 aromatic heterocycles. The number of nitrogens with zero attached hydrogens (tertiary/aromatic N) is 1. The number of carbonyl (C=O) groups excluding carboxylic acids is 1. The predicted octanol–water partition coefficient (Wildman–Crippen LogP) is 4.02. The Morgan fingerprint density at radius 2 is 1.79 bits per heavy atom. The van der Waals surface area contributed by atoms with Crippen molar-refractivity contribution in [1.29, 1.82) is 0 Å². The molecule has 11 heteroatoms. The smallest absolute Gasteiger partial charge is 0.416 e. The average molecular weight is 451 g/mol. The molecule has 0 spiro atoms. The molecule has 0 saturated carbocycles. The van der Waals surface area contributed by atoms with Gasteiger partial charge in [0.1, 0.15) is 5.75 Å². The van der Waals surface area contributed by atoms with Crippen LogP contribution in [0.2, 0.25) is 5.02 Å². The van der Waals surface area contributed by atoms with Gasteiger partial charge in [-0.15, -0.1) is 0 Å². The maximum absolute atomic E-state index is 12.6. The van der Waals surface area contributed by atoms with Gasteiger partial charge < -0.3 is 10.1 Å². The Kier molecular flexibility index (Phi) is 7.15. The first-order valence-electron chi connectivity index (χ1n) is 8.31. The molecule has 0 heterocycles. The number of hydrogen-bond acceptors (Lipinski definition) is 4. The van der Waals surface area contributed by atoms with Crippen molar-refractivity contribution in [3.8, 4) is 5.75 Å². The number of alkyl halides is 3. The summed E-state index contributed by atoms with van der Waals surface area (Å²) in [4.78, 5) is 12.0. The summed E-state index contributed by atoms with van der Waals surface area (Å²) >= 11 is 6.01. The number of amides is 1. The largest absolute Gasteiger partial charge is 0.492 e. The fourth-order valence-electron chi connectivity index (χ4n) is 2.32. The molecule has 158 valence electrons. The van der Waals surface area contributed by atoms with Gasteiger partial charge in [0.25, 0.3) is 0 Å². The first-order valence-corrected chi connectivity index (χ1v) is 10.1. The van der Waals surface area contributed by atoms with Crippen LogP contribution in [0.4, 0.5) is 18.9 Å². The topological polar surface area (TPSA) is 75.7 Å². The van der Waals surface area contributed by atoms with Crippen molar-refractivity contribution in [3.63, 3.8) is 0 Å². The predicted molar refractivity (Wildman–Crippen MR) is 103 cm³/mol. The summed E-state index contributed by atoms with van der Waals surface area (Å²) < 4.78 is 69.0. The Bertz CT molecular complexity index is 980. The molecule has 29 heavy (non-hydrogen) atoms. The average Bonchev–Trinajstić information content (AvgIpc) is 2.63. The minimum Gasteiger partial charge on any atom is -0.492 e. The molecule has 0 bridgehead atoms. The second kappa shape index (κ2) is 9.02. The third kappa shape index (κ3) is 5.84. The number of ether oxygens (including phenoxy) is 1. The molecule has 0 unspecified atom stereocenters. The van der Waals surface area contributed by atoms with Crippen molar-refractivity contribution in [2.45, 2.75) is 18.0 Å². The standard InChI is InChI=1S/C18H18ClF3N2O4S/c1-3-28-16-9-8-14(10-15(16)19)29(26,27)24(2)11-17(25)23-13-6-4-12(5-7-13)18(20,21)22/h4-10H,3,11H2,1-2H3,(H,23,25). The molecule has 0 radical (unpaired) electrons. The number of sulfonamides is 1. The Morgan fingerprint density at radius 1 is 1.17 bits per heavy atom. The minimum atomic E-state index is -4.49. The van der Waals surface area contributed by atoms with Crippen LogP contribution in [0.1, 0.15) is 12.5 Å². The van der Waals surface area contributed by atoms with E-state index in [1.165, 1.54) is 25.2 Å². The Hall–Kier alpha value is -2.30. The van der Waals surface area contributed by atoms with Gasteiger partial charge >= 0.3 is 6.18 Å². The molecule has 0 atom stereocenters. The zero-order valence-corrected chi connectivity index (χ0v) is 17.0. The van der Waals surface area contributed by atoms with E-state index in [1.54, 1.807) is 6.92 Å². The Balaban J connectivity index is 2.07. The second-order valence-electron chi connectivity index (χ2n) is 5.91. The van der Waals surface area contributed by atoms with Crippen LogP contribution in [-0.2, 0) is 21.0 Å². The molecule has 2 aromatic rings. The minimum absolute atomic E-state index is 0.107. The van der Waals surface area contributed by atoms with Crippen molar-refractivity contribution in [3.05, 3.63) is 53.1 Å². The molecular formula is C18H18ClF3N2O4S. The summed E-state index contributed by atoms with van der Waals surface area (Å²) in [5.41, 5.74) is -0.750. The summed E-state index contributed by atoms with van der Waals surface area (Å²) in [6.45, 7) is 1.56. The van der Waals surface area contributed by atoms with Crippen molar-refractivity contribution >= 4 is 33.2 Å². The normalized spacial score (nSPS) is 12.1. The first kappa shape index (κ1) is 23.0. The molecular weight excluding hydrogens is 433 g/mol. The van der Waals surface area contributed by atoms with Crippen molar-refractivity contribution in [2.24, 2.45) is 0 Å². The van der Waals surface area contributed by atoms with E-state index >= 15 is 0 Å². The van der Waals surface area contributed by atoms with Crippen LogP contribution in [0.15, 0.2) is 47.4 Å². The van der Waals surface area contributed by atoms with E-state index < -0.39 is 34.2 Å². The number of benzene rings is 2. The second-order valence-corrected chi connectivity index (χ2v) is 8.36. The maximum Gasteiger partial charge on any atom is 0.416 e. The lowest BCUT2D eigenvalue weighted by Crippen LogP contribution is -2.35. The fraction of sp³-hybridized carbons (Fsp3) is 0.278. The van der Waals surface area contributed by atoms with E-state index in [1.807, 2.05) is 0 Å². The van der Waals surface area contributed by atoms with Gasteiger partial charge in [0.2, 0.25) is 15.9 Å². The van der Waals surface area contributed by atoms with Crippen LogP contribution in [0, 0.1) is 0 Å². The van der Waals surface area contributed by atoms with Crippen molar-refractivity contribution in [1.82, 2.24) is 4.31 Å². The van der Waals surface area contributed by atoms with Crippen LogP contribution in [0.5, 0.6) is 5.75 Å². The Labute approximate surface area is 171 Å². The highest BCUT2D eigenvalue weighted by atomic mass is 35.5. The summed E-state index contributed by atoms with van der Waals surface area (Å²) in [6.07, 6.45) is -4.49. The number of hydrogen-bond donors (Lipinski definition) is 1. The third-order valence-electron chi connectivity index (χ3n) is 3.77. The van der Waals surface area contributed by atoms with Gasteiger partial charge in [-0.3, -0.25) is 4.79 Å². The third-order valence-corrected chi connectivity index (χ3v) is 5.87. The molecule has 2 rings (SSSR count). The quantitative estimate of drug-likeness (QED) is 0.691. The van der Waals surface area contributed by atoms with Crippen LogP contribution < -0.4 is 10.1 Å². The summed E-state index contributed by atoms with van der Waals surface area (Å²) in [5.74, 6) is -0.385. The van der Waals surface area contributed by atoms with E-state index in [4.69, 9.17) is 16.3 Å². The number of halogens is 4. The highest BCUT2D eigenvalue weighted by Crippen LogP contribution is 2.30. The molecule has 6 nitrogen and oxygen atoms in total. The molecule has 0 fully saturated rings.